The molecule has 1 fully saturated rings. The molecule has 0 aromatic heterocycles. The van der Waals surface area contributed by atoms with E-state index in [2.05, 4.69) is 5.32 Å². The molecule has 0 radical (unpaired) electrons. The van der Waals surface area contributed by atoms with Crippen molar-refractivity contribution in [3.8, 4) is 11.5 Å². The molecule has 1 atom stereocenters. The number of hydrogen-bond acceptors (Lipinski definition) is 3. The smallest absolute Gasteiger partial charge is 0.267 e. The third-order valence-electron chi connectivity index (χ3n) is 3.78. The average Bonchev–Trinajstić information content (AvgIpc) is 2.47. The fraction of sp³-hybridized carbons (Fsp3) is 0.600. The molecule has 1 aromatic carbocycles. The van der Waals surface area contributed by atoms with Crippen LogP contribution < -0.4 is 14.8 Å². The highest BCUT2D eigenvalue weighted by atomic mass is 19.3. The van der Waals surface area contributed by atoms with E-state index < -0.39 is 6.43 Å². The summed E-state index contributed by atoms with van der Waals surface area (Å²) in [6, 6.07) is 3.09. The molecule has 2 rings (SSSR count). The third kappa shape index (κ3) is 3.39. The van der Waals surface area contributed by atoms with Crippen LogP contribution in [0.2, 0.25) is 0 Å². The number of nitrogens with one attached hydrogen (secondary N) is 1. The first kappa shape index (κ1) is 15.0. The lowest BCUT2D eigenvalue weighted by Gasteiger charge is -2.24. The maximum Gasteiger partial charge on any atom is 0.267 e. The second-order valence-corrected chi connectivity index (χ2v) is 5.12. The third-order valence-corrected chi connectivity index (χ3v) is 3.78. The van der Waals surface area contributed by atoms with Crippen LogP contribution in [-0.2, 0) is 6.42 Å². The number of alkyl halides is 2. The molecule has 1 heterocycles. The Hall–Kier alpha value is -1.36. The van der Waals surface area contributed by atoms with Gasteiger partial charge in [-0.25, -0.2) is 8.78 Å². The Morgan fingerprint density at radius 1 is 1.25 bits per heavy atom. The second kappa shape index (κ2) is 6.88. The van der Waals surface area contributed by atoms with Gasteiger partial charge < -0.3 is 14.8 Å². The zero-order valence-corrected chi connectivity index (χ0v) is 11.9. The van der Waals surface area contributed by atoms with Gasteiger partial charge in [0, 0.05) is 0 Å². The minimum Gasteiger partial charge on any atom is -0.496 e. The van der Waals surface area contributed by atoms with Crippen LogP contribution >= 0.6 is 0 Å². The number of rotatable bonds is 5. The van der Waals surface area contributed by atoms with E-state index in [1.54, 1.807) is 6.07 Å². The van der Waals surface area contributed by atoms with E-state index in [1.165, 1.54) is 20.3 Å². The molecule has 0 aliphatic carbocycles. The molecule has 5 heteroatoms. The molecular weight excluding hydrogens is 264 g/mol. The predicted octanol–water partition coefficient (Wildman–Crippen LogP) is 3.18. The van der Waals surface area contributed by atoms with E-state index in [0.29, 0.717) is 11.7 Å². The van der Waals surface area contributed by atoms with Gasteiger partial charge in [-0.1, -0.05) is 0 Å². The van der Waals surface area contributed by atoms with Crippen molar-refractivity contribution in [3.05, 3.63) is 23.3 Å². The van der Waals surface area contributed by atoms with Crippen LogP contribution in [0.5, 0.6) is 11.5 Å². The van der Waals surface area contributed by atoms with Crippen LogP contribution in [0.4, 0.5) is 8.78 Å². The normalized spacial score (nSPS) is 19.1. The molecule has 0 bridgehead atoms. The fourth-order valence-electron chi connectivity index (χ4n) is 2.72. The van der Waals surface area contributed by atoms with E-state index >= 15 is 0 Å². The number of benzene rings is 1. The summed E-state index contributed by atoms with van der Waals surface area (Å²) in [7, 11) is 2.93. The standard InChI is InChI=1S/C15H21F2NO2/c1-19-13-8-12(15(16)17)14(20-2)7-11(13)6-10-4-3-5-18-9-10/h7-8,10,15,18H,3-6,9H2,1-2H3. The summed E-state index contributed by atoms with van der Waals surface area (Å²) in [6.07, 6.45) is 0.550. The van der Waals surface area contributed by atoms with Gasteiger partial charge in [0.2, 0.25) is 0 Å². The molecule has 20 heavy (non-hydrogen) atoms. The quantitative estimate of drug-likeness (QED) is 0.901. The Labute approximate surface area is 118 Å². The summed E-state index contributed by atoms with van der Waals surface area (Å²) < 4.78 is 36.3. The maximum atomic E-state index is 13.0. The van der Waals surface area contributed by atoms with Gasteiger partial charge in [-0.15, -0.1) is 0 Å². The molecule has 0 saturated carbocycles. The first-order valence-electron chi connectivity index (χ1n) is 6.89. The lowest BCUT2D eigenvalue weighted by atomic mass is 9.91. The Morgan fingerprint density at radius 2 is 2.00 bits per heavy atom. The Bertz CT molecular complexity index is 446. The first-order valence-corrected chi connectivity index (χ1v) is 6.89. The summed E-state index contributed by atoms with van der Waals surface area (Å²) >= 11 is 0. The van der Waals surface area contributed by atoms with Crippen LogP contribution in [0.15, 0.2) is 12.1 Å². The van der Waals surface area contributed by atoms with Crippen molar-refractivity contribution in [2.75, 3.05) is 27.3 Å². The number of methoxy groups -OCH3 is 2. The molecular formula is C15H21F2NO2. The molecule has 1 aliphatic rings. The largest absolute Gasteiger partial charge is 0.496 e. The first-order chi connectivity index (χ1) is 9.65. The topological polar surface area (TPSA) is 30.5 Å². The van der Waals surface area contributed by atoms with Crippen LogP contribution in [-0.4, -0.2) is 27.3 Å². The summed E-state index contributed by atoms with van der Waals surface area (Å²) in [4.78, 5) is 0. The summed E-state index contributed by atoms with van der Waals surface area (Å²) in [5.74, 6) is 1.27. The summed E-state index contributed by atoms with van der Waals surface area (Å²) in [5, 5.41) is 3.36. The van der Waals surface area contributed by atoms with Gasteiger partial charge in [0.15, 0.2) is 0 Å². The zero-order valence-electron chi connectivity index (χ0n) is 11.9. The van der Waals surface area contributed by atoms with Gasteiger partial charge >= 0.3 is 0 Å². The highest BCUT2D eigenvalue weighted by Crippen LogP contribution is 2.36. The van der Waals surface area contributed by atoms with E-state index in [4.69, 9.17) is 9.47 Å². The van der Waals surface area contributed by atoms with Crippen LogP contribution in [0.25, 0.3) is 0 Å². The lowest BCUT2D eigenvalue weighted by Crippen LogP contribution is -2.30. The highest BCUT2D eigenvalue weighted by Gasteiger charge is 2.21. The Kier molecular flexibility index (Phi) is 5.17. The van der Waals surface area contributed by atoms with Crippen molar-refractivity contribution in [1.29, 1.82) is 0 Å². The van der Waals surface area contributed by atoms with Gasteiger partial charge in [-0.3, -0.25) is 0 Å². The average molecular weight is 285 g/mol. The van der Waals surface area contributed by atoms with Gasteiger partial charge in [-0.2, -0.15) is 0 Å². The van der Waals surface area contributed by atoms with Gasteiger partial charge in [0.25, 0.3) is 6.43 Å². The minimum atomic E-state index is -2.57. The van der Waals surface area contributed by atoms with Gasteiger partial charge in [0.05, 0.1) is 19.8 Å². The maximum absolute atomic E-state index is 13.0. The number of halogens is 2. The molecule has 0 spiro atoms. The Morgan fingerprint density at radius 3 is 2.55 bits per heavy atom. The van der Waals surface area contributed by atoms with Crippen molar-refractivity contribution < 1.29 is 18.3 Å². The molecule has 3 nitrogen and oxygen atoms in total. The molecule has 1 aliphatic heterocycles. The van der Waals surface area contributed by atoms with Crippen molar-refractivity contribution in [2.45, 2.75) is 25.7 Å². The minimum absolute atomic E-state index is 0.116. The van der Waals surface area contributed by atoms with E-state index in [0.717, 1.165) is 37.9 Å². The predicted molar refractivity (Wildman–Crippen MR) is 73.8 cm³/mol. The molecule has 1 N–H and O–H groups in total. The van der Waals surface area contributed by atoms with E-state index in [-0.39, 0.29) is 11.3 Å². The van der Waals surface area contributed by atoms with Crippen molar-refractivity contribution >= 4 is 0 Å². The molecule has 1 unspecified atom stereocenters. The van der Waals surface area contributed by atoms with Crippen molar-refractivity contribution in [3.63, 3.8) is 0 Å². The highest BCUT2D eigenvalue weighted by molar-refractivity contribution is 5.47. The monoisotopic (exact) mass is 285 g/mol. The van der Waals surface area contributed by atoms with Crippen molar-refractivity contribution in [1.82, 2.24) is 5.32 Å². The summed E-state index contributed by atoms with van der Waals surface area (Å²) in [6.45, 7) is 2.02. The second-order valence-electron chi connectivity index (χ2n) is 5.12. The van der Waals surface area contributed by atoms with Crippen LogP contribution in [0.1, 0.15) is 30.4 Å². The Balaban J connectivity index is 2.26. The van der Waals surface area contributed by atoms with Crippen molar-refractivity contribution in [2.24, 2.45) is 5.92 Å². The molecule has 1 saturated heterocycles. The molecule has 1 aromatic rings. The van der Waals surface area contributed by atoms with Crippen LogP contribution in [0, 0.1) is 5.92 Å². The van der Waals surface area contributed by atoms with E-state index in [1.807, 2.05) is 0 Å². The number of ether oxygens (including phenoxy) is 2. The zero-order chi connectivity index (χ0) is 14.5. The van der Waals surface area contributed by atoms with Gasteiger partial charge in [-0.05, 0) is 56.0 Å². The van der Waals surface area contributed by atoms with Gasteiger partial charge in [0.1, 0.15) is 11.5 Å². The molecule has 112 valence electrons. The number of piperidine rings is 1. The molecule has 0 amide bonds. The van der Waals surface area contributed by atoms with E-state index in [9.17, 15) is 8.78 Å². The number of hydrogen-bond donors (Lipinski definition) is 1. The SMILES string of the molecule is COc1cc(C(F)F)c(OC)cc1CC1CCCNC1. The lowest BCUT2D eigenvalue weighted by molar-refractivity contribution is 0.146. The summed E-state index contributed by atoms with van der Waals surface area (Å²) in [5.41, 5.74) is 0.817. The van der Waals surface area contributed by atoms with Crippen LogP contribution in [0.3, 0.4) is 0 Å². The fourth-order valence-corrected chi connectivity index (χ4v) is 2.72.